The molecule has 1 aliphatic rings. The number of piperidine rings is 1. The topological polar surface area (TPSA) is 64.5 Å². The van der Waals surface area contributed by atoms with Crippen molar-refractivity contribution in [3.05, 3.63) is 18.2 Å². The molecule has 0 amide bonds. The monoisotopic (exact) mass is 235 g/mol. The van der Waals surface area contributed by atoms with E-state index in [1.54, 1.807) is 12.1 Å². The van der Waals surface area contributed by atoms with Crippen molar-refractivity contribution < 1.29 is 4.74 Å². The number of rotatable bonds is 3. The predicted molar refractivity (Wildman–Crippen MR) is 71.0 cm³/mol. The first-order valence-electron chi connectivity index (χ1n) is 6.11. The Morgan fingerprint density at radius 2 is 1.94 bits per heavy atom. The molecule has 0 aromatic heterocycles. The van der Waals surface area contributed by atoms with Crippen LogP contribution >= 0.6 is 0 Å². The summed E-state index contributed by atoms with van der Waals surface area (Å²) < 4.78 is 5.76. The Balaban J connectivity index is 1.83. The molecule has 1 aromatic rings. The van der Waals surface area contributed by atoms with Gasteiger partial charge in [-0.1, -0.05) is 0 Å². The van der Waals surface area contributed by atoms with E-state index in [4.69, 9.17) is 16.2 Å². The number of hydrogen-bond acceptors (Lipinski definition) is 4. The maximum atomic E-state index is 5.76. The summed E-state index contributed by atoms with van der Waals surface area (Å²) in [4.78, 5) is 2.36. The lowest BCUT2D eigenvalue weighted by Gasteiger charge is -2.28. The molecule has 94 valence electrons. The van der Waals surface area contributed by atoms with Crippen LogP contribution in [0.2, 0.25) is 0 Å². The van der Waals surface area contributed by atoms with Crippen molar-refractivity contribution >= 4 is 11.4 Å². The number of hydrogen-bond donors (Lipinski definition) is 2. The molecule has 1 fully saturated rings. The van der Waals surface area contributed by atoms with E-state index < -0.39 is 0 Å². The van der Waals surface area contributed by atoms with Crippen LogP contribution in [-0.4, -0.2) is 31.6 Å². The van der Waals surface area contributed by atoms with E-state index in [-0.39, 0.29) is 0 Å². The molecular formula is C13H21N3O. The van der Waals surface area contributed by atoms with Crippen LogP contribution in [0, 0.1) is 5.92 Å². The number of nitrogens with two attached hydrogens (primary N) is 2. The van der Waals surface area contributed by atoms with Gasteiger partial charge in [0.25, 0.3) is 0 Å². The van der Waals surface area contributed by atoms with Crippen molar-refractivity contribution in [2.45, 2.75) is 12.8 Å². The van der Waals surface area contributed by atoms with Gasteiger partial charge in [-0.3, -0.25) is 0 Å². The van der Waals surface area contributed by atoms with Crippen molar-refractivity contribution in [3.63, 3.8) is 0 Å². The van der Waals surface area contributed by atoms with Crippen molar-refractivity contribution in [1.29, 1.82) is 0 Å². The molecule has 0 atom stereocenters. The Morgan fingerprint density at radius 1 is 1.24 bits per heavy atom. The smallest absolute Gasteiger partial charge is 0.121 e. The van der Waals surface area contributed by atoms with Gasteiger partial charge in [-0.05, 0) is 51.0 Å². The van der Waals surface area contributed by atoms with Gasteiger partial charge in [0.15, 0.2) is 0 Å². The van der Waals surface area contributed by atoms with Gasteiger partial charge >= 0.3 is 0 Å². The Bertz CT molecular complexity index is 373. The lowest BCUT2D eigenvalue weighted by molar-refractivity contribution is 0.160. The fourth-order valence-corrected chi connectivity index (χ4v) is 2.09. The molecule has 0 bridgehead atoms. The molecule has 0 radical (unpaired) electrons. The SMILES string of the molecule is CN1CCC(COc2ccc(N)c(N)c2)CC1. The van der Waals surface area contributed by atoms with Crippen molar-refractivity contribution in [1.82, 2.24) is 4.90 Å². The lowest BCUT2D eigenvalue weighted by Crippen LogP contribution is -2.32. The zero-order chi connectivity index (χ0) is 12.3. The summed E-state index contributed by atoms with van der Waals surface area (Å²) in [6, 6.07) is 5.46. The second-order valence-electron chi connectivity index (χ2n) is 4.85. The van der Waals surface area contributed by atoms with Crippen LogP contribution in [0.3, 0.4) is 0 Å². The highest BCUT2D eigenvalue weighted by atomic mass is 16.5. The molecule has 4 N–H and O–H groups in total. The largest absolute Gasteiger partial charge is 0.493 e. The number of nitrogens with zero attached hydrogens (tertiary/aromatic N) is 1. The minimum Gasteiger partial charge on any atom is -0.493 e. The quantitative estimate of drug-likeness (QED) is 0.781. The average Bonchev–Trinajstić information content (AvgIpc) is 2.33. The number of nitrogen functional groups attached to an aromatic ring is 2. The van der Waals surface area contributed by atoms with Crippen LogP contribution in [0.4, 0.5) is 11.4 Å². The molecule has 1 aliphatic heterocycles. The Kier molecular flexibility index (Phi) is 3.74. The van der Waals surface area contributed by atoms with Crippen molar-refractivity contribution in [2.75, 3.05) is 38.2 Å². The second-order valence-corrected chi connectivity index (χ2v) is 4.85. The standard InChI is InChI=1S/C13H21N3O/c1-16-6-4-10(5-7-16)9-17-11-2-3-12(14)13(15)8-11/h2-3,8,10H,4-7,9,14-15H2,1H3. The van der Waals surface area contributed by atoms with E-state index in [0.29, 0.717) is 17.3 Å². The van der Waals surface area contributed by atoms with E-state index in [1.165, 1.54) is 12.8 Å². The number of ether oxygens (including phenoxy) is 1. The lowest BCUT2D eigenvalue weighted by atomic mass is 9.98. The van der Waals surface area contributed by atoms with E-state index in [9.17, 15) is 0 Å². The summed E-state index contributed by atoms with van der Waals surface area (Å²) in [6.07, 6.45) is 2.42. The van der Waals surface area contributed by atoms with Crippen LogP contribution in [0.15, 0.2) is 18.2 Å². The van der Waals surface area contributed by atoms with Gasteiger partial charge in [0.05, 0.1) is 18.0 Å². The van der Waals surface area contributed by atoms with Gasteiger partial charge in [-0.2, -0.15) is 0 Å². The minimum absolute atomic E-state index is 0.589. The third kappa shape index (κ3) is 3.27. The van der Waals surface area contributed by atoms with Gasteiger partial charge in [-0.15, -0.1) is 0 Å². The Morgan fingerprint density at radius 3 is 2.59 bits per heavy atom. The zero-order valence-electron chi connectivity index (χ0n) is 10.4. The summed E-state index contributed by atoms with van der Waals surface area (Å²) in [7, 11) is 2.16. The Hall–Kier alpha value is -1.42. The van der Waals surface area contributed by atoms with Gasteiger partial charge in [0, 0.05) is 6.07 Å². The molecule has 2 rings (SSSR count). The van der Waals surface area contributed by atoms with Gasteiger partial charge in [0.2, 0.25) is 0 Å². The third-order valence-electron chi connectivity index (χ3n) is 3.38. The van der Waals surface area contributed by atoms with Crippen molar-refractivity contribution in [2.24, 2.45) is 5.92 Å². The molecular weight excluding hydrogens is 214 g/mol. The first-order valence-corrected chi connectivity index (χ1v) is 6.11. The summed E-state index contributed by atoms with van der Waals surface area (Å²) in [6.45, 7) is 3.10. The summed E-state index contributed by atoms with van der Waals surface area (Å²) in [5.41, 5.74) is 12.6. The van der Waals surface area contributed by atoms with Crippen LogP contribution in [-0.2, 0) is 0 Å². The third-order valence-corrected chi connectivity index (χ3v) is 3.38. The first-order chi connectivity index (χ1) is 8.15. The fraction of sp³-hybridized carbons (Fsp3) is 0.538. The molecule has 17 heavy (non-hydrogen) atoms. The molecule has 0 saturated carbocycles. The summed E-state index contributed by atoms with van der Waals surface area (Å²) in [5, 5.41) is 0. The van der Waals surface area contributed by atoms with Crippen LogP contribution < -0.4 is 16.2 Å². The summed E-state index contributed by atoms with van der Waals surface area (Å²) in [5.74, 6) is 1.47. The highest BCUT2D eigenvalue weighted by Gasteiger charge is 2.17. The zero-order valence-corrected chi connectivity index (χ0v) is 10.4. The molecule has 0 unspecified atom stereocenters. The van der Waals surface area contributed by atoms with Gasteiger partial charge in [0.1, 0.15) is 5.75 Å². The maximum absolute atomic E-state index is 5.76. The van der Waals surface area contributed by atoms with E-state index in [1.807, 2.05) is 6.07 Å². The number of likely N-dealkylation sites (tertiary alicyclic amines) is 1. The molecule has 4 heteroatoms. The molecule has 1 heterocycles. The highest BCUT2D eigenvalue weighted by Crippen LogP contribution is 2.23. The highest BCUT2D eigenvalue weighted by molar-refractivity contribution is 5.65. The minimum atomic E-state index is 0.589. The van der Waals surface area contributed by atoms with E-state index in [2.05, 4.69) is 11.9 Å². The van der Waals surface area contributed by atoms with Crippen LogP contribution in [0.25, 0.3) is 0 Å². The Labute approximate surface area is 103 Å². The first kappa shape index (κ1) is 12.0. The van der Waals surface area contributed by atoms with Crippen LogP contribution in [0.1, 0.15) is 12.8 Å². The van der Waals surface area contributed by atoms with Gasteiger partial charge in [-0.25, -0.2) is 0 Å². The molecule has 1 saturated heterocycles. The molecule has 0 spiro atoms. The van der Waals surface area contributed by atoms with E-state index >= 15 is 0 Å². The number of anilines is 2. The van der Waals surface area contributed by atoms with Crippen LogP contribution in [0.5, 0.6) is 5.75 Å². The molecule has 1 aromatic carbocycles. The fourth-order valence-electron chi connectivity index (χ4n) is 2.09. The second kappa shape index (κ2) is 5.27. The van der Waals surface area contributed by atoms with Crippen molar-refractivity contribution in [3.8, 4) is 5.75 Å². The molecule has 4 nitrogen and oxygen atoms in total. The maximum Gasteiger partial charge on any atom is 0.121 e. The summed E-state index contributed by atoms with van der Waals surface area (Å²) >= 11 is 0. The van der Waals surface area contributed by atoms with E-state index in [0.717, 1.165) is 25.4 Å². The van der Waals surface area contributed by atoms with Gasteiger partial charge < -0.3 is 21.1 Å². The normalized spacial score (nSPS) is 18.2. The molecule has 0 aliphatic carbocycles. The average molecular weight is 235 g/mol. The number of benzene rings is 1. The predicted octanol–water partition coefficient (Wildman–Crippen LogP) is 1.57.